The van der Waals surface area contributed by atoms with Crippen molar-refractivity contribution < 1.29 is 67.4 Å². The number of aliphatic hydroxyl groups is 2. The van der Waals surface area contributed by atoms with E-state index in [-0.39, 0.29) is 25.0 Å². The fourth-order valence-corrected chi connectivity index (χ4v) is 8.35. The molecule has 1 heterocycles. The molecule has 244 valence electrons. The summed E-state index contributed by atoms with van der Waals surface area (Å²) in [5.74, 6) is -7.26. The molecule has 0 radical (unpaired) electrons. The van der Waals surface area contributed by atoms with Gasteiger partial charge in [-0.25, -0.2) is 0 Å². The molecule has 14 heteroatoms. The average molecular weight is 625 g/mol. The zero-order valence-corrected chi connectivity index (χ0v) is 25.9. The van der Waals surface area contributed by atoms with Crippen molar-refractivity contribution in [2.45, 2.75) is 103 Å². The number of fused-ring (bicyclic) bond motifs is 1. The molecule has 0 aromatic carbocycles. The standard InChI is InChI=1S/C30H40O14/c1-13-20(40-14(2)32)10-22(41-15(3)33)29(11-31)23(13)24(42-16(4)34)19-9-21(37)28(8)30(38,27(19,7)12-39-28)26(44-18(6)36)25(29)43-17(5)35/h19-20,22-26,31,38H,1,9-12H2,2-8H3. The summed E-state index contributed by atoms with van der Waals surface area (Å²) < 4.78 is 34.9. The molecule has 4 bridgehead atoms. The van der Waals surface area contributed by atoms with Crippen LogP contribution in [0.4, 0.5) is 0 Å². The summed E-state index contributed by atoms with van der Waals surface area (Å²) >= 11 is 0. The normalized spacial score (nSPS) is 42.6. The van der Waals surface area contributed by atoms with Crippen molar-refractivity contribution in [3.05, 3.63) is 12.2 Å². The summed E-state index contributed by atoms with van der Waals surface area (Å²) in [4.78, 5) is 77.0. The fraction of sp³-hybridized carbons (Fsp3) is 0.733. The van der Waals surface area contributed by atoms with Gasteiger partial charge in [0.2, 0.25) is 0 Å². The quantitative estimate of drug-likeness (QED) is 0.233. The lowest BCUT2D eigenvalue weighted by molar-refractivity contribution is -0.302. The molecule has 14 nitrogen and oxygen atoms in total. The van der Waals surface area contributed by atoms with Crippen LogP contribution >= 0.6 is 0 Å². The van der Waals surface area contributed by atoms with Crippen molar-refractivity contribution in [1.82, 2.24) is 0 Å². The van der Waals surface area contributed by atoms with Crippen LogP contribution in [0, 0.1) is 22.7 Å². The van der Waals surface area contributed by atoms with E-state index < -0.39 is 107 Å². The Morgan fingerprint density at radius 2 is 1.39 bits per heavy atom. The number of esters is 5. The van der Waals surface area contributed by atoms with Gasteiger partial charge in [0.25, 0.3) is 0 Å². The van der Waals surface area contributed by atoms with Crippen LogP contribution in [0.15, 0.2) is 12.2 Å². The Bertz CT molecular complexity index is 1290. The van der Waals surface area contributed by atoms with Crippen molar-refractivity contribution in [1.29, 1.82) is 0 Å². The molecule has 4 rings (SSSR count). The van der Waals surface area contributed by atoms with Crippen LogP contribution in [-0.2, 0) is 57.2 Å². The minimum atomic E-state index is -2.44. The van der Waals surface area contributed by atoms with Crippen LogP contribution in [0.2, 0.25) is 0 Å². The number of ether oxygens (including phenoxy) is 6. The zero-order valence-electron chi connectivity index (χ0n) is 25.9. The van der Waals surface area contributed by atoms with E-state index in [0.29, 0.717) is 0 Å². The smallest absolute Gasteiger partial charge is 0.303 e. The predicted molar refractivity (Wildman–Crippen MR) is 145 cm³/mol. The third-order valence-electron chi connectivity index (χ3n) is 10.2. The number of aliphatic hydroxyl groups excluding tert-OH is 1. The second kappa shape index (κ2) is 11.2. The van der Waals surface area contributed by atoms with Gasteiger partial charge in [-0.15, -0.1) is 0 Å². The second-order valence-electron chi connectivity index (χ2n) is 12.6. The maximum absolute atomic E-state index is 13.9. The fourth-order valence-electron chi connectivity index (χ4n) is 8.35. The monoisotopic (exact) mass is 624 g/mol. The Hall–Kier alpha value is -3.36. The molecule has 4 aliphatic rings. The first-order valence-electron chi connectivity index (χ1n) is 14.4. The summed E-state index contributed by atoms with van der Waals surface area (Å²) in [6.07, 6.45) is -8.35. The minimum Gasteiger partial charge on any atom is -0.462 e. The maximum atomic E-state index is 13.9. The van der Waals surface area contributed by atoms with Crippen molar-refractivity contribution in [3.63, 3.8) is 0 Å². The van der Waals surface area contributed by atoms with Gasteiger partial charge in [0.05, 0.1) is 18.6 Å². The maximum Gasteiger partial charge on any atom is 0.303 e. The molecule has 4 fully saturated rings. The van der Waals surface area contributed by atoms with Gasteiger partial charge in [-0.1, -0.05) is 13.5 Å². The lowest BCUT2D eigenvalue weighted by Crippen LogP contribution is -2.81. The molecule has 1 saturated heterocycles. The van der Waals surface area contributed by atoms with E-state index in [0.717, 1.165) is 34.6 Å². The Labute approximate surface area is 254 Å². The molecule has 2 N–H and O–H groups in total. The minimum absolute atomic E-state index is 0.0939. The van der Waals surface area contributed by atoms with Crippen molar-refractivity contribution in [2.75, 3.05) is 13.2 Å². The molecule has 11 atom stereocenters. The van der Waals surface area contributed by atoms with Gasteiger partial charge in [0.1, 0.15) is 23.9 Å². The van der Waals surface area contributed by atoms with Crippen LogP contribution < -0.4 is 0 Å². The highest BCUT2D eigenvalue weighted by Gasteiger charge is 2.83. The Morgan fingerprint density at radius 3 is 1.89 bits per heavy atom. The SMILES string of the molecule is C=C1C(OC(C)=O)CC(OC(C)=O)C2(CO)C(OC(C)=O)C(OC(C)=O)C3(O)C4(C)OCC3(C)C(CC4=O)C(OC(C)=O)C12. The van der Waals surface area contributed by atoms with Crippen LogP contribution in [0.25, 0.3) is 0 Å². The number of carbonyl (C=O) groups is 6. The van der Waals surface area contributed by atoms with E-state index in [2.05, 4.69) is 6.58 Å². The molecule has 0 aromatic heterocycles. The van der Waals surface area contributed by atoms with Crippen molar-refractivity contribution in [3.8, 4) is 0 Å². The van der Waals surface area contributed by atoms with E-state index in [1.54, 1.807) is 6.92 Å². The summed E-state index contributed by atoms with van der Waals surface area (Å²) in [7, 11) is 0. The van der Waals surface area contributed by atoms with Crippen molar-refractivity contribution in [2.24, 2.45) is 22.7 Å². The third kappa shape index (κ3) is 4.64. The molecule has 3 saturated carbocycles. The largest absolute Gasteiger partial charge is 0.462 e. The van der Waals surface area contributed by atoms with E-state index in [9.17, 15) is 39.0 Å². The second-order valence-corrected chi connectivity index (χ2v) is 12.6. The number of rotatable bonds is 6. The van der Waals surface area contributed by atoms with E-state index >= 15 is 0 Å². The summed E-state index contributed by atoms with van der Waals surface area (Å²) in [6.45, 7) is 11.3. The van der Waals surface area contributed by atoms with E-state index in [1.807, 2.05) is 0 Å². The molecule has 0 amide bonds. The van der Waals surface area contributed by atoms with Gasteiger partial charge in [-0.2, -0.15) is 0 Å². The van der Waals surface area contributed by atoms with E-state index in [1.165, 1.54) is 6.92 Å². The van der Waals surface area contributed by atoms with Gasteiger partial charge in [0, 0.05) is 64.7 Å². The lowest BCUT2D eigenvalue weighted by atomic mass is 9.43. The zero-order chi connectivity index (χ0) is 33.2. The summed E-state index contributed by atoms with van der Waals surface area (Å²) in [5, 5.41) is 24.3. The van der Waals surface area contributed by atoms with Gasteiger partial charge in [-0.3, -0.25) is 28.8 Å². The van der Waals surface area contributed by atoms with Crippen LogP contribution in [0.3, 0.4) is 0 Å². The summed E-state index contributed by atoms with van der Waals surface area (Å²) in [5.41, 5.74) is -7.90. The summed E-state index contributed by atoms with van der Waals surface area (Å²) in [6, 6.07) is 0. The van der Waals surface area contributed by atoms with Crippen LogP contribution in [-0.4, -0.2) is 101 Å². The number of ketones is 1. The Balaban J connectivity index is 2.19. The molecule has 0 spiro atoms. The number of carbonyl (C=O) groups excluding carboxylic acids is 6. The van der Waals surface area contributed by atoms with Gasteiger partial charge < -0.3 is 38.6 Å². The molecule has 44 heavy (non-hydrogen) atoms. The number of Topliss-reactive ketones (excluding diaryl/α,β-unsaturated/α-hetero) is 1. The molecule has 0 aromatic rings. The number of hydrogen-bond donors (Lipinski definition) is 2. The first kappa shape index (κ1) is 33.5. The highest BCUT2D eigenvalue weighted by Crippen LogP contribution is 2.67. The molecular weight excluding hydrogens is 584 g/mol. The highest BCUT2D eigenvalue weighted by molar-refractivity contribution is 5.91. The molecular formula is C30H40O14. The Morgan fingerprint density at radius 1 is 0.864 bits per heavy atom. The topological polar surface area (TPSA) is 198 Å². The van der Waals surface area contributed by atoms with Crippen molar-refractivity contribution >= 4 is 35.6 Å². The lowest BCUT2D eigenvalue weighted by Gasteiger charge is -2.65. The third-order valence-corrected chi connectivity index (χ3v) is 10.2. The highest BCUT2D eigenvalue weighted by atomic mass is 16.6. The predicted octanol–water partition coefficient (Wildman–Crippen LogP) is 0.329. The van der Waals surface area contributed by atoms with Crippen LogP contribution in [0.5, 0.6) is 0 Å². The van der Waals surface area contributed by atoms with Gasteiger partial charge in [0.15, 0.2) is 23.6 Å². The molecule has 1 aliphatic heterocycles. The first-order chi connectivity index (χ1) is 20.3. The Kier molecular flexibility index (Phi) is 8.55. The van der Waals surface area contributed by atoms with Gasteiger partial charge >= 0.3 is 29.8 Å². The molecule has 3 aliphatic carbocycles. The van der Waals surface area contributed by atoms with E-state index in [4.69, 9.17) is 28.4 Å². The number of hydrogen-bond acceptors (Lipinski definition) is 14. The van der Waals surface area contributed by atoms with Crippen LogP contribution in [0.1, 0.15) is 61.3 Å². The molecule has 11 unspecified atom stereocenters. The van der Waals surface area contributed by atoms with Gasteiger partial charge in [-0.05, 0) is 12.5 Å². The average Bonchev–Trinajstić information content (AvgIpc) is 3.04. The first-order valence-corrected chi connectivity index (χ1v) is 14.4.